The summed E-state index contributed by atoms with van der Waals surface area (Å²) in [6.07, 6.45) is 8.39. The van der Waals surface area contributed by atoms with Crippen LogP contribution in [0.3, 0.4) is 0 Å². The molecule has 152 valence electrons. The molecule has 0 radical (unpaired) electrons. The third-order valence-corrected chi connectivity index (χ3v) is 5.00. The first-order valence-electron chi connectivity index (χ1n) is 10.2. The van der Waals surface area contributed by atoms with Crippen LogP contribution in [0.1, 0.15) is 38.7 Å². The van der Waals surface area contributed by atoms with Crippen LogP contribution in [0, 0.1) is 0 Å². The van der Waals surface area contributed by atoms with Gasteiger partial charge in [-0.15, -0.1) is 0 Å². The van der Waals surface area contributed by atoms with Gasteiger partial charge in [0.2, 0.25) is 0 Å². The molecule has 0 aliphatic rings. The van der Waals surface area contributed by atoms with E-state index in [4.69, 9.17) is 0 Å². The van der Waals surface area contributed by atoms with E-state index in [0.29, 0.717) is 12.4 Å². The third-order valence-electron chi connectivity index (χ3n) is 5.00. The molecule has 0 aliphatic carbocycles. The van der Waals surface area contributed by atoms with Gasteiger partial charge in [0.05, 0.1) is 6.20 Å². The Morgan fingerprint density at radius 2 is 1.90 bits per heavy atom. The Morgan fingerprint density at radius 1 is 1.10 bits per heavy atom. The van der Waals surface area contributed by atoms with Crippen LogP contribution in [0.5, 0.6) is 0 Å². The van der Waals surface area contributed by atoms with Gasteiger partial charge in [0.15, 0.2) is 0 Å². The molecule has 2 aromatic heterocycles. The van der Waals surface area contributed by atoms with Crippen molar-refractivity contribution in [3.63, 3.8) is 0 Å². The van der Waals surface area contributed by atoms with Gasteiger partial charge in [-0.1, -0.05) is 50.6 Å². The Balaban J connectivity index is 1.81. The molecule has 3 aromatic rings. The quantitative estimate of drug-likeness (QED) is 0.601. The van der Waals surface area contributed by atoms with Crippen molar-refractivity contribution in [1.29, 1.82) is 0 Å². The summed E-state index contributed by atoms with van der Waals surface area (Å²) < 4.78 is 1.76. The number of nitrogens with one attached hydrogen (secondary N) is 1. The number of hydrogen-bond donors (Lipinski definition) is 1. The van der Waals surface area contributed by atoms with E-state index >= 15 is 0 Å². The number of rotatable bonds is 8. The second kappa shape index (κ2) is 9.87. The van der Waals surface area contributed by atoms with Crippen LogP contribution in [0.15, 0.2) is 61.1 Å². The predicted octanol–water partition coefficient (Wildman–Crippen LogP) is 4.78. The summed E-state index contributed by atoms with van der Waals surface area (Å²) in [5, 5.41) is 7.27. The van der Waals surface area contributed by atoms with Crippen molar-refractivity contribution in [3.8, 4) is 11.1 Å². The minimum atomic E-state index is -0.115. The van der Waals surface area contributed by atoms with E-state index in [1.807, 2.05) is 68.1 Å². The van der Waals surface area contributed by atoms with Crippen molar-refractivity contribution in [1.82, 2.24) is 20.1 Å². The number of carbonyl (C=O) groups excluding carboxylic acids is 1. The van der Waals surface area contributed by atoms with Crippen molar-refractivity contribution in [2.75, 3.05) is 4.90 Å². The minimum absolute atomic E-state index is 0.104. The fraction of sp³-hybridized carbons (Fsp3) is 0.348. The highest BCUT2D eigenvalue weighted by Crippen LogP contribution is 2.24. The Morgan fingerprint density at radius 3 is 2.48 bits per heavy atom. The topological polar surface area (TPSA) is 63.1 Å². The zero-order chi connectivity index (χ0) is 20.6. The summed E-state index contributed by atoms with van der Waals surface area (Å²) in [6.45, 7) is 4.75. The van der Waals surface area contributed by atoms with Crippen LogP contribution in [-0.2, 0) is 13.6 Å². The van der Waals surface area contributed by atoms with Gasteiger partial charge in [-0.3, -0.25) is 9.58 Å². The number of benzene rings is 1. The average molecular weight is 392 g/mol. The van der Waals surface area contributed by atoms with Crippen LogP contribution in [0.4, 0.5) is 10.6 Å². The Hall–Kier alpha value is -3.15. The molecule has 3 rings (SSSR count). The van der Waals surface area contributed by atoms with Gasteiger partial charge in [0.25, 0.3) is 0 Å². The molecule has 2 amide bonds. The largest absolute Gasteiger partial charge is 0.334 e. The summed E-state index contributed by atoms with van der Waals surface area (Å²) in [4.78, 5) is 19.5. The lowest BCUT2D eigenvalue weighted by Crippen LogP contribution is -2.46. The first kappa shape index (κ1) is 20.6. The molecule has 0 saturated heterocycles. The Kier molecular flexibility index (Phi) is 7.00. The molecule has 6 nitrogen and oxygen atoms in total. The zero-order valence-corrected chi connectivity index (χ0v) is 17.4. The SMILES string of the molecule is CCC[C@H](CC)N(C(=O)NCc1ccccc1)c1ccc(-c2cnn(C)c2)cn1. The third kappa shape index (κ3) is 5.22. The molecule has 1 atom stereocenters. The monoisotopic (exact) mass is 391 g/mol. The summed E-state index contributed by atoms with van der Waals surface area (Å²) in [6, 6.07) is 13.8. The van der Waals surface area contributed by atoms with E-state index < -0.39 is 0 Å². The molecular formula is C23H29N5O. The average Bonchev–Trinajstić information content (AvgIpc) is 3.19. The molecular weight excluding hydrogens is 362 g/mol. The van der Waals surface area contributed by atoms with E-state index in [1.54, 1.807) is 9.58 Å². The van der Waals surface area contributed by atoms with Crippen LogP contribution in [-0.4, -0.2) is 26.8 Å². The second-order valence-corrected chi connectivity index (χ2v) is 7.17. The van der Waals surface area contributed by atoms with Crippen molar-refractivity contribution in [2.24, 2.45) is 7.05 Å². The zero-order valence-electron chi connectivity index (χ0n) is 17.4. The van der Waals surface area contributed by atoms with Crippen molar-refractivity contribution in [3.05, 3.63) is 66.6 Å². The molecule has 0 saturated carbocycles. The maximum Gasteiger partial charge on any atom is 0.323 e. The minimum Gasteiger partial charge on any atom is -0.334 e. The van der Waals surface area contributed by atoms with E-state index in [9.17, 15) is 4.79 Å². The molecule has 29 heavy (non-hydrogen) atoms. The number of aryl methyl sites for hydroxylation is 1. The van der Waals surface area contributed by atoms with Crippen LogP contribution >= 0.6 is 0 Å². The number of amides is 2. The van der Waals surface area contributed by atoms with Crippen molar-refractivity contribution >= 4 is 11.8 Å². The smallest absolute Gasteiger partial charge is 0.323 e. The first-order chi connectivity index (χ1) is 14.1. The highest BCUT2D eigenvalue weighted by molar-refractivity contribution is 5.91. The fourth-order valence-electron chi connectivity index (χ4n) is 3.43. The lowest BCUT2D eigenvalue weighted by atomic mass is 10.1. The fourth-order valence-corrected chi connectivity index (χ4v) is 3.43. The Bertz CT molecular complexity index is 905. The molecule has 0 aliphatic heterocycles. The number of anilines is 1. The lowest BCUT2D eigenvalue weighted by Gasteiger charge is -2.30. The van der Waals surface area contributed by atoms with Gasteiger partial charge in [0, 0.05) is 43.2 Å². The maximum absolute atomic E-state index is 13.1. The molecule has 0 fully saturated rings. The van der Waals surface area contributed by atoms with Gasteiger partial charge in [0.1, 0.15) is 5.82 Å². The van der Waals surface area contributed by atoms with E-state index in [0.717, 1.165) is 36.0 Å². The molecule has 1 aromatic carbocycles. The van der Waals surface area contributed by atoms with E-state index in [-0.39, 0.29) is 12.1 Å². The van der Waals surface area contributed by atoms with Crippen molar-refractivity contribution in [2.45, 2.75) is 45.7 Å². The molecule has 0 spiro atoms. The highest BCUT2D eigenvalue weighted by Gasteiger charge is 2.24. The molecule has 0 bridgehead atoms. The lowest BCUT2D eigenvalue weighted by molar-refractivity contribution is 0.242. The number of urea groups is 1. The van der Waals surface area contributed by atoms with Crippen LogP contribution in [0.2, 0.25) is 0 Å². The molecule has 0 unspecified atom stereocenters. The van der Waals surface area contributed by atoms with E-state index in [1.165, 1.54) is 0 Å². The Labute approximate surface area is 172 Å². The van der Waals surface area contributed by atoms with Crippen LogP contribution < -0.4 is 10.2 Å². The molecule has 6 heteroatoms. The van der Waals surface area contributed by atoms with Crippen molar-refractivity contribution < 1.29 is 4.79 Å². The second-order valence-electron chi connectivity index (χ2n) is 7.17. The van der Waals surface area contributed by atoms with Gasteiger partial charge in [-0.25, -0.2) is 9.78 Å². The summed E-state index contributed by atoms with van der Waals surface area (Å²) in [7, 11) is 1.89. The molecule has 2 heterocycles. The first-order valence-corrected chi connectivity index (χ1v) is 10.2. The van der Waals surface area contributed by atoms with Gasteiger partial charge >= 0.3 is 6.03 Å². The number of carbonyl (C=O) groups is 1. The maximum atomic E-state index is 13.1. The van der Waals surface area contributed by atoms with E-state index in [2.05, 4.69) is 29.2 Å². The number of pyridine rings is 1. The predicted molar refractivity (Wildman–Crippen MR) is 117 cm³/mol. The number of nitrogens with zero attached hydrogens (tertiary/aromatic N) is 4. The summed E-state index contributed by atoms with van der Waals surface area (Å²) in [5.41, 5.74) is 3.06. The molecule has 1 N–H and O–H groups in total. The number of hydrogen-bond acceptors (Lipinski definition) is 3. The summed E-state index contributed by atoms with van der Waals surface area (Å²) in [5.74, 6) is 0.670. The van der Waals surface area contributed by atoms with Gasteiger partial charge in [-0.2, -0.15) is 5.10 Å². The standard InChI is InChI=1S/C23H29N5O/c1-4-9-21(5-2)28(23(29)25-14-18-10-7-6-8-11-18)22-13-12-19(15-24-22)20-16-26-27(3)17-20/h6-8,10-13,15-17,21H,4-5,9,14H2,1-3H3,(H,25,29)/t21-/m0/s1. The summed E-state index contributed by atoms with van der Waals surface area (Å²) >= 11 is 0. The van der Waals surface area contributed by atoms with Gasteiger partial charge < -0.3 is 5.32 Å². The van der Waals surface area contributed by atoms with Gasteiger partial charge in [-0.05, 0) is 30.5 Å². The normalized spacial score (nSPS) is 11.8. The number of aromatic nitrogens is 3. The van der Waals surface area contributed by atoms with Crippen LogP contribution in [0.25, 0.3) is 11.1 Å². The highest BCUT2D eigenvalue weighted by atomic mass is 16.2.